The minimum atomic E-state index is -0.594. The summed E-state index contributed by atoms with van der Waals surface area (Å²) in [6.45, 7) is 3.54. The standard InChI is InChI=1S/C20H22FN9O2/c1-27-4-5-28-6-7-29(11-15(28)20(27)32)14-2-3-23-9-13(14)25-19(31)16-17(22)26-30-10-12(21)8-24-18(16)30/h2-3,8-10,15H,4-7,11H2,1H3,(H2,22,26)(H,25,31). The van der Waals surface area contributed by atoms with E-state index in [1.807, 2.05) is 7.05 Å². The van der Waals surface area contributed by atoms with Crippen LogP contribution < -0.4 is 16.0 Å². The summed E-state index contributed by atoms with van der Waals surface area (Å²) in [4.78, 5) is 39.8. The van der Waals surface area contributed by atoms with Crippen LogP contribution in [-0.2, 0) is 4.79 Å². The third kappa shape index (κ3) is 3.38. The van der Waals surface area contributed by atoms with E-state index in [-0.39, 0.29) is 29.0 Å². The predicted molar refractivity (Wildman–Crippen MR) is 115 cm³/mol. The summed E-state index contributed by atoms with van der Waals surface area (Å²) >= 11 is 0. The number of anilines is 3. The summed E-state index contributed by atoms with van der Waals surface area (Å²) < 4.78 is 14.6. The monoisotopic (exact) mass is 439 g/mol. The normalized spacial score (nSPS) is 19.3. The lowest BCUT2D eigenvalue weighted by Gasteiger charge is -2.46. The van der Waals surface area contributed by atoms with Crippen molar-refractivity contribution in [1.82, 2.24) is 29.4 Å². The fraction of sp³-hybridized carbons (Fsp3) is 0.350. The lowest BCUT2D eigenvalue weighted by atomic mass is 10.1. The molecule has 0 saturated carbocycles. The van der Waals surface area contributed by atoms with Gasteiger partial charge in [0.2, 0.25) is 5.91 Å². The van der Waals surface area contributed by atoms with Crippen LogP contribution in [0.15, 0.2) is 30.9 Å². The number of nitrogens with one attached hydrogen (secondary N) is 1. The van der Waals surface area contributed by atoms with Crippen LogP contribution in [0, 0.1) is 5.82 Å². The average molecular weight is 439 g/mol. The van der Waals surface area contributed by atoms with Gasteiger partial charge in [0.25, 0.3) is 5.91 Å². The van der Waals surface area contributed by atoms with Gasteiger partial charge in [0.15, 0.2) is 17.3 Å². The second-order valence-electron chi connectivity index (χ2n) is 7.91. The van der Waals surface area contributed by atoms with E-state index >= 15 is 0 Å². The van der Waals surface area contributed by atoms with Crippen LogP contribution in [0.2, 0.25) is 0 Å². The molecule has 0 radical (unpaired) electrons. The number of hydrogen-bond donors (Lipinski definition) is 2. The molecule has 2 fully saturated rings. The second-order valence-corrected chi connectivity index (χ2v) is 7.91. The van der Waals surface area contributed by atoms with Crippen molar-refractivity contribution in [2.75, 3.05) is 55.7 Å². The zero-order valence-corrected chi connectivity index (χ0v) is 17.4. The number of likely N-dealkylation sites (N-methyl/N-ethyl adjacent to an activating group) is 1. The van der Waals surface area contributed by atoms with Gasteiger partial charge in [0.05, 0.1) is 30.0 Å². The van der Waals surface area contributed by atoms with Crippen molar-refractivity contribution < 1.29 is 14.0 Å². The molecular weight excluding hydrogens is 417 g/mol. The SMILES string of the molecule is CN1CCN2CCN(c3ccncc3NC(=O)c3c(N)nn4cc(F)cnc34)CC2C1=O. The first-order valence-corrected chi connectivity index (χ1v) is 10.2. The minimum absolute atomic E-state index is 0.0497. The molecule has 2 amide bonds. The fourth-order valence-electron chi connectivity index (χ4n) is 4.28. The van der Waals surface area contributed by atoms with Crippen molar-refractivity contribution >= 4 is 34.7 Å². The summed E-state index contributed by atoms with van der Waals surface area (Å²) in [6, 6.07) is 1.57. The Morgan fingerprint density at radius 3 is 2.91 bits per heavy atom. The minimum Gasteiger partial charge on any atom is -0.381 e. The van der Waals surface area contributed by atoms with Crippen molar-refractivity contribution in [3.63, 3.8) is 0 Å². The number of carbonyl (C=O) groups is 2. The molecule has 1 atom stereocenters. The van der Waals surface area contributed by atoms with E-state index in [4.69, 9.17) is 5.73 Å². The molecule has 3 N–H and O–H groups in total. The van der Waals surface area contributed by atoms with E-state index in [0.717, 1.165) is 42.2 Å². The van der Waals surface area contributed by atoms with Gasteiger partial charge in [-0.3, -0.25) is 19.5 Å². The molecule has 2 aliphatic rings. The number of aromatic nitrogens is 4. The van der Waals surface area contributed by atoms with Gasteiger partial charge < -0.3 is 20.9 Å². The van der Waals surface area contributed by atoms with E-state index in [2.05, 4.69) is 30.2 Å². The van der Waals surface area contributed by atoms with Gasteiger partial charge in [-0.15, -0.1) is 5.10 Å². The number of rotatable bonds is 3. The first kappa shape index (κ1) is 20.1. The van der Waals surface area contributed by atoms with Crippen molar-refractivity contribution in [3.8, 4) is 0 Å². The summed E-state index contributed by atoms with van der Waals surface area (Å²) in [7, 11) is 1.82. The molecule has 0 aliphatic carbocycles. The highest BCUT2D eigenvalue weighted by molar-refractivity contribution is 6.12. The molecule has 3 aromatic heterocycles. The zero-order chi connectivity index (χ0) is 22.4. The Bertz CT molecular complexity index is 1210. The van der Waals surface area contributed by atoms with E-state index in [1.54, 1.807) is 23.4 Å². The van der Waals surface area contributed by atoms with E-state index in [0.29, 0.717) is 18.8 Å². The van der Waals surface area contributed by atoms with Gasteiger partial charge in [-0.25, -0.2) is 13.9 Å². The number of hydrogen-bond acceptors (Lipinski definition) is 8. The molecule has 3 aromatic rings. The highest BCUT2D eigenvalue weighted by Gasteiger charge is 2.37. The number of nitrogens with zero attached hydrogens (tertiary/aromatic N) is 7. The molecule has 5 rings (SSSR count). The van der Waals surface area contributed by atoms with Gasteiger partial charge in [0.1, 0.15) is 11.6 Å². The molecule has 0 spiro atoms. The Balaban J connectivity index is 1.42. The number of pyridine rings is 1. The third-order valence-electron chi connectivity index (χ3n) is 5.96. The smallest absolute Gasteiger partial charge is 0.263 e. The topological polar surface area (TPSA) is 125 Å². The zero-order valence-electron chi connectivity index (χ0n) is 17.4. The Morgan fingerprint density at radius 2 is 2.06 bits per heavy atom. The highest BCUT2D eigenvalue weighted by atomic mass is 19.1. The van der Waals surface area contributed by atoms with Crippen LogP contribution in [0.5, 0.6) is 0 Å². The molecule has 0 bridgehead atoms. The maximum absolute atomic E-state index is 13.4. The number of fused-ring (bicyclic) bond motifs is 2. The number of nitrogen functional groups attached to an aromatic ring is 1. The molecule has 12 heteroatoms. The molecule has 166 valence electrons. The Kier molecular flexibility index (Phi) is 4.85. The Hall–Kier alpha value is -3.80. The number of carbonyl (C=O) groups excluding carboxylic acids is 2. The van der Waals surface area contributed by atoms with Gasteiger partial charge in [-0.2, -0.15) is 0 Å². The van der Waals surface area contributed by atoms with Gasteiger partial charge >= 0.3 is 0 Å². The second kappa shape index (κ2) is 7.71. The van der Waals surface area contributed by atoms with E-state index in [1.165, 1.54) is 0 Å². The lowest BCUT2D eigenvalue weighted by Crippen LogP contribution is -2.64. The van der Waals surface area contributed by atoms with Crippen molar-refractivity contribution in [2.24, 2.45) is 0 Å². The Labute approximate surface area is 182 Å². The van der Waals surface area contributed by atoms with Crippen molar-refractivity contribution in [1.29, 1.82) is 0 Å². The first-order valence-electron chi connectivity index (χ1n) is 10.2. The van der Waals surface area contributed by atoms with Gasteiger partial charge in [-0.1, -0.05) is 0 Å². The van der Waals surface area contributed by atoms with Crippen LogP contribution in [0.3, 0.4) is 0 Å². The first-order chi connectivity index (χ1) is 15.4. The number of nitrogens with two attached hydrogens (primary N) is 1. The molecule has 2 saturated heterocycles. The molecule has 11 nitrogen and oxygen atoms in total. The lowest BCUT2D eigenvalue weighted by molar-refractivity contribution is -0.140. The van der Waals surface area contributed by atoms with Crippen molar-refractivity contribution in [2.45, 2.75) is 6.04 Å². The largest absolute Gasteiger partial charge is 0.381 e. The molecular formula is C20H22FN9O2. The molecule has 5 heterocycles. The van der Waals surface area contributed by atoms with Gasteiger partial charge in [-0.05, 0) is 6.07 Å². The quantitative estimate of drug-likeness (QED) is 0.587. The van der Waals surface area contributed by atoms with Crippen molar-refractivity contribution in [3.05, 3.63) is 42.2 Å². The third-order valence-corrected chi connectivity index (χ3v) is 5.96. The van der Waals surface area contributed by atoms with Crippen LogP contribution in [0.1, 0.15) is 10.4 Å². The summed E-state index contributed by atoms with van der Waals surface area (Å²) in [5.74, 6) is -1.09. The highest BCUT2D eigenvalue weighted by Crippen LogP contribution is 2.29. The maximum atomic E-state index is 13.4. The number of amides is 2. The number of halogens is 1. The summed E-state index contributed by atoms with van der Waals surface area (Å²) in [5, 5.41) is 6.80. The molecule has 0 aromatic carbocycles. The average Bonchev–Trinajstić information content (AvgIpc) is 3.11. The predicted octanol–water partition coefficient (Wildman–Crippen LogP) is 0.0605. The molecule has 1 unspecified atom stereocenters. The fourth-order valence-corrected chi connectivity index (χ4v) is 4.28. The molecule has 32 heavy (non-hydrogen) atoms. The maximum Gasteiger partial charge on any atom is 0.263 e. The van der Waals surface area contributed by atoms with Crippen LogP contribution >= 0.6 is 0 Å². The summed E-state index contributed by atoms with van der Waals surface area (Å²) in [6.07, 6.45) is 5.28. The van der Waals surface area contributed by atoms with Crippen LogP contribution in [0.25, 0.3) is 5.65 Å². The van der Waals surface area contributed by atoms with Crippen LogP contribution in [-0.4, -0.2) is 87.0 Å². The number of piperazine rings is 2. The Morgan fingerprint density at radius 1 is 1.25 bits per heavy atom. The molecule has 2 aliphatic heterocycles. The van der Waals surface area contributed by atoms with Gasteiger partial charge in [0, 0.05) is 46.0 Å². The van der Waals surface area contributed by atoms with Crippen LogP contribution in [0.4, 0.5) is 21.6 Å². The van der Waals surface area contributed by atoms with E-state index < -0.39 is 11.7 Å². The summed E-state index contributed by atoms with van der Waals surface area (Å²) in [5.41, 5.74) is 7.34. The van der Waals surface area contributed by atoms with E-state index in [9.17, 15) is 14.0 Å².